The first-order chi connectivity index (χ1) is 12.4. The molecule has 2 N–H and O–H groups in total. The molecule has 1 aliphatic heterocycles. The van der Waals surface area contributed by atoms with Gasteiger partial charge in [-0.2, -0.15) is 0 Å². The summed E-state index contributed by atoms with van der Waals surface area (Å²) in [7, 11) is 0. The third kappa shape index (κ3) is 2.52. The van der Waals surface area contributed by atoms with Gasteiger partial charge in [0.1, 0.15) is 23.6 Å². The van der Waals surface area contributed by atoms with Crippen molar-refractivity contribution in [2.75, 3.05) is 0 Å². The molecule has 1 aromatic heterocycles. The molecular formula is C21H21NO4. The number of aliphatic hydroxyl groups is 2. The summed E-state index contributed by atoms with van der Waals surface area (Å²) >= 11 is 0. The van der Waals surface area contributed by atoms with Gasteiger partial charge in [-0.1, -0.05) is 42.5 Å². The summed E-state index contributed by atoms with van der Waals surface area (Å²) in [5.41, 5.74) is 0.495. The minimum Gasteiger partial charge on any atom is -0.484 e. The summed E-state index contributed by atoms with van der Waals surface area (Å²) in [4.78, 5) is 13.2. The molecule has 1 aliphatic rings. The molecule has 2 atom stereocenters. The summed E-state index contributed by atoms with van der Waals surface area (Å²) in [6.45, 7) is 3.78. The number of fused-ring (bicyclic) bond motifs is 3. The SMILES string of the molecule is CC1(C)Oc2c(c(=O)n(Cc3ccccc3)c3ccccc23)[C@H](O)[C@H]1O. The fourth-order valence-electron chi connectivity index (χ4n) is 3.55. The number of hydrogen-bond donors (Lipinski definition) is 2. The van der Waals surface area contributed by atoms with E-state index in [0.717, 1.165) is 16.5 Å². The molecule has 5 nitrogen and oxygen atoms in total. The lowest BCUT2D eigenvalue weighted by Crippen LogP contribution is -2.51. The number of nitrogens with zero attached hydrogens (tertiary/aromatic N) is 1. The van der Waals surface area contributed by atoms with Crippen LogP contribution in [-0.4, -0.2) is 26.5 Å². The van der Waals surface area contributed by atoms with Gasteiger partial charge in [0, 0.05) is 5.39 Å². The summed E-state index contributed by atoms with van der Waals surface area (Å²) in [6, 6.07) is 17.1. The van der Waals surface area contributed by atoms with Gasteiger partial charge in [-0.3, -0.25) is 4.79 Å². The Labute approximate surface area is 151 Å². The summed E-state index contributed by atoms with van der Waals surface area (Å²) in [6.07, 6.45) is -2.48. The molecule has 0 unspecified atom stereocenters. The molecule has 0 saturated heterocycles. The number of para-hydroxylation sites is 1. The fraction of sp³-hybridized carbons (Fsp3) is 0.286. The molecular weight excluding hydrogens is 330 g/mol. The molecule has 4 rings (SSSR count). The highest BCUT2D eigenvalue weighted by Gasteiger charge is 2.44. The second-order valence-electron chi connectivity index (χ2n) is 7.23. The minimum atomic E-state index is -1.30. The van der Waals surface area contributed by atoms with Gasteiger partial charge < -0.3 is 19.5 Å². The number of pyridine rings is 1. The van der Waals surface area contributed by atoms with Crippen molar-refractivity contribution in [2.45, 2.75) is 38.2 Å². The molecule has 2 heterocycles. The Morgan fingerprint density at radius 3 is 2.42 bits per heavy atom. The van der Waals surface area contributed by atoms with E-state index in [0.29, 0.717) is 12.3 Å². The first-order valence-corrected chi connectivity index (χ1v) is 8.64. The Hall–Kier alpha value is -2.63. The lowest BCUT2D eigenvalue weighted by atomic mass is 9.88. The number of hydrogen-bond acceptors (Lipinski definition) is 4. The van der Waals surface area contributed by atoms with Crippen molar-refractivity contribution in [2.24, 2.45) is 0 Å². The summed E-state index contributed by atoms with van der Waals surface area (Å²) in [5, 5.41) is 21.8. The highest BCUT2D eigenvalue weighted by atomic mass is 16.5. The molecule has 0 radical (unpaired) electrons. The van der Waals surface area contributed by atoms with Crippen LogP contribution in [-0.2, 0) is 6.54 Å². The van der Waals surface area contributed by atoms with Crippen LogP contribution in [0.25, 0.3) is 10.9 Å². The van der Waals surface area contributed by atoms with Crippen LogP contribution in [0.5, 0.6) is 5.75 Å². The zero-order valence-electron chi connectivity index (χ0n) is 14.7. The van der Waals surface area contributed by atoms with Crippen LogP contribution in [0.4, 0.5) is 0 Å². The molecule has 5 heteroatoms. The zero-order valence-corrected chi connectivity index (χ0v) is 14.7. The van der Waals surface area contributed by atoms with Gasteiger partial charge in [0.05, 0.1) is 17.6 Å². The van der Waals surface area contributed by atoms with Gasteiger partial charge in [0.15, 0.2) is 0 Å². The van der Waals surface area contributed by atoms with Crippen molar-refractivity contribution in [3.63, 3.8) is 0 Å². The first-order valence-electron chi connectivity index (χ1n) is 8.64. The van der Waals surface area contributed by atoms with E-state index in [-0.39, 0.29) is 11.1 Å². The number of aromatic nitrogens is 1. The van der Waals surface area contributed by atoms with Crippen LogP contribution in [0.2, 0.25) is 0 Å². The average molecular weight is 351 g/mol. The lowest BCUT2D eigenvalue weighted by Gasteiger charge is -2.40. The van der Waals surface area contributed by atoms with E-state index in [1.807, 2.05) is 54.6 Å². The van der Waals surface area contributed by atoms with Crippen LogP contribution in [0.3, 0.4) is 0 Å². The number of ether oxygens (including phenoxy) is 1. The predicted molar refractivity (Wildman–Crippen MR) is 99.4 cm³/mol. The quantitative estimate of drug-likeness (QED) is 0.744. The molecule has 134 valence electrons. The van der Waals surface area contributed by atoms with Crippen LogP contribution < -0.4 is 10.3 Å². The molecule has 0 saturated carbocycles. The normalized spacial score (nSPS) is 21.2. The van der Waals surface area contributed by atoms with Crippen molar-refractivity contribution in [3.05, 3.63) is 76.1 Å². The number of benzene rings is 2. The van der Waals surface area contributed by atoms with E-state index < -0.39 is 17.8 Å². The van der Waals surface area contributed by atoms with Gasteiger partial charge in [0.2, 0.25) is 0 Å². The van der Waals surface area contributed by atoms with E-state index in [1.54, 1.807) is 18.4 Å². The molecule has 0 spiro atoms. The highest BCUT2D eigenvalue weighted by molar-refractivity contribution is 5.87. The third-order valence-electron chi connectivity index (χ3n) is 5.02. The standard InChI is InChI=1S/C21H21NO4/c1-21(2)19(24)17(23)16-18(26-21)14-10-6-7-11-15(14)22(20(16)25)12-13-8-4-3-5-9-13/h3-11,17,19,23-24H,12H2,1-2H3/t17-,19+/m0/s1. The van der Waals surface area contributed by atoms with Crippen molar-refractivity contribution in [1.29, 1.82) is 0 Å². The van der Waals surface area contributed by atoms with Crippen LogP contribution in [0.1, 0.15) is 31.1 Å². The Morgan fingerprint density at radius 2 is 1.69 bits per heavy atom. The monoisotopic (exact) mass is 351 g/mol. The highest BCUT2D eigenvalue weighted by Crippen LogP contribution is 2.41. The Balaban J connectivity index is 2.01. The Morgan fingerprint density at radius 1 is 1.04 bits per heavy atom. The molecule has 26 heavy (non-hydrogen) atoms. The zero-order chi connectivity index (χ0) is 18.5. The largest absolute Gasteiger partial charge is 0.484 e. The van der Waals surface area contributed by atoms with E-state index >= 15 is 0 Å². The molecule has 0 fully saturated rings. The lowest BCUT2D eigenvalue weighted by molar-refractivity contribution is -0.111. The predicted octanol–water partition coefficient (Wildman–Crippen LogP) is 2.62. The van der Waals surface area contributed by atoms with Crippen molar-refractivity contribution < 1.29 is 14.9 Å². The van der Waals surface area contributed by atoms with E-state index in [9.17, 15) is 15.0 Å². The second-order valence-corrected chi connectivity index (χ2v) is 7.23. The van der Waals surface area contributed by atoms with Gasteiger partial charge in [-0.15, -0.1) is 0 Å². The van der Waals surface area contributed by atoms with Crippen LogP contribution >= 0.6 is 0 Å². The number of aliphatic hydroxyl groups excluding tert-OH is 2. The van der Waals surface area contributed by atoms with E-state index in [2.05, 4.69) is 0 Å². The Kier molecular flexibility index (Phi) is 3.86. The maximum absolute atomic E-state index is 13.2. The van der Waals surface area contributed by atoms with Gasteiger partial charge in [0.25, 0.3) is 5.56 Å². The van der Waals surface area contributed by atoms with Crippen molar-refractivity contribution >= 4 is 10.9 Å². The molecule has 0 bridgehead atoms. The molecule has 0 aliphatic carbocycles. The molecule has 0 amide bonds. The third-order valence-corrected chi connectivity index (χ3v) is 5.02. The van der Waals surface area contributed by atoms with E-state index in [1.165, 1.54) is 0 Å². The Bertz CT molecular complexity index is 1020. The average Bonchev–Trinajstić information content (AvgIpc) is 2.64. The molecule has 3 aromatic rings. The maximum atomic E-state index is 13.2. The number of rotatable bonds is 2. The van der Waals surface area contributed by atoms with Crippen molar-refractivity contribution in [3.8, 4) is 5.75 Å². The maximum Gasteiger partial charge on any atom is 0.261 e. The van der Waals surface area contributed by atoms with Crippen molar-refractivity contribution in [1.82, 2.24) is 4.57 Å². The second kappa shape index (κ2) is 5.97. The fourth-order valence-corrected chi connectivity index (χ4v) is 3.55. The summed E-state index contributed by atoms with van der Waals surface area (Å²) in [5.74, 6) is 0.359. The van der Waals surface area contributed by atoms with Crippen LogP contribution in [0, 0.1) is 0 Å². The van der Waals surface area contributed by atoms with Crippen LogP contribution in [0.15, 0.2) is 59.4 Å². The van der Waals surface area contributed by atoms with Gasteiger partial charge >= 0.3 is 0 Å². The smallest absolute Gasteiger partial charge is 0.261 e. The first kappa shape index (κ1) is 16.8. The minimum absolute atomic E-state index is 0.117. The van der Waals surface area contributed by atoms with Gasteiger partial charge in [-0.05, 0) is 31.5 Å². The topological polar surface area (TPSA) is 71.7 Å². The van der Waals surface area contributed by atoms with E-state index in [4.69, 9.17) is 4.74 Å². The van der Waals surface area contributed by atoms with Gasteiger partial charge in [-0.25, -0.2) is 0 Å². The summed E-state index contributed by atoms with van der Waals surface area (Å²) < 4.78 is 7.60. The molecule has 2 aromatic carbocycles.